The molecule has 0 unspecified atom stereocenters. The third kappa shape index (κ3) is 5.10. The van der Waals surface area contributed by atoms with Gasteiger partial charge in [0.2, 0.25) is 11.0 Å². The molecule has 1 heterocycles. The lowest BCUT2D eigenvalue weighted by molar-refractivity contribution is -0.116. The lowest BCUT2D eigenvalue weighted by Crippen LogP contribution is -2.22. The van der Waals surface area contributed by atoms with Gasteiger partial charge in [0.25, 0.3) is 0 Å². The Labute approximate surface area is 178 Å². The summed E-state index contributed by atoms with van der Waals surface area (Å²) in [5.74, 6) is 0.306. The fourth-order valence-electron chi connectivity index (χ4n) is 3.00. The van der Waals surface area contributed by atoms with Crippen LogP contribution in [-0.4, -0.2) is 16.1 Å². The molecule has 4 rings (SSSR count). The minimum absolute atomic E-state index is 0.113. The Morgan fingerprint density at radius 2 is 1.38 bits per heavy atom. The molecular weight excluding hydrogens is 398 g/mol. The number of nitrogens with zero attached hydrogens (tertiary/aromatic N) is 2. The summed E-state index contributed by atoms with van der Waals surface area (Å²) < 4.78 is 0.833. The van der Waals surface area contributed by atoms with Crippen molar-refractivity contribution in [3.8, 4) is 0 Å². The van der Waals surface area contributed by atoms with E-state index in [9.17, 15) is 4.79 Å². The molecule has 3 aromatic carbocycles. The third-order valence-corrected chi connectivity index (χ3v) is 6.41. The maximum atomic E-state index is 13.1. The van der Waals surface area contributed by atoms with Crippen LogP contribution in [0.15, 0.2) is 95.3 Å². The zero-order valence-electron chi connectivity index (χ0n) is 15.6. The summed E-state index contributed by atoms with van der Waals surface area (Å²) in [7, 11) is 0. The molecule has 0 fully saturated rings. The predicted octanol–water partition coefficient (Wildman–Crippen LogP) is 5.60. The number of carbonyl (C=O) groups is 1. The van der Waals surface area contributed by atoms with Crippen molar-refractivity contribution in [1.82, 2.24) is 10.2 Å². The van der Waals surface area contributed by atoms with Crippen LogP contribution in [0.25, 0.3) is 0 Å². The molecule has 4 nitrogen and oxygen atoms in total. The Kier molecular flexibility index (Phi) is 6.34. The predicted molar refractivity (Wildman–Crippen MR) is 119 cm³/mol. The van der Waals surface area contributed by atoms with Crippen molar-refractivity contribution in [2.24, 2.45) is 0 Å². The Hall–Kier alpha value is -2.96. The lowest BCUT2D eigenvalue weighted by Gasteiger charge is -2.16. The van der Waals surface area contributed by atoms with Gasteiger partial charge in [-0.25, -0.2) is 0 Å². The van der Waals surface area contributed by atoms with E-state index < -0.39 is 5.92 Å². The highest BCUT2D eigenvalue weighted by molar-refractivity contribution is 8.00. The summed E-state index contributed by atoms with van der Waals surface area (Å²) in [6, 6.07) is 29.8. The molecule has 0 atom stereocenters. The maximum Gasteiger partial charge on any atom is 0.238 e. The first-order valence-electron chi connectivity index (χ1n) is 9.20. The highest BCUT2D eigenvalue weighted by atomic mass is 32.2. The number of carbonyl (C=O) groups excluding carboxylic acids is 1. The van der Waals surface area contributed by atoms with Crippen molar-refractivity contribution < 1.29 is 4.79 Å². The second kappa shape index (κ2) is 9.49. The average molecular weight is 418 g/mol. The molecule has 4 aromatic rings. The van der Waals surface area contributed by atoms with Crippen LogP contribution in [0, 0.1) is 0 Å². The largest absolute Gasteiger partial charge is 0.300 e. The van der Waals surface area contributed by atoms with E-state index in [-0.39, 0.29) is 5.91 Å². The Balaban J connectivity index is 1.47. The van der Waals surface area contributed by atoms with E-state index in [1.54, 1.807) is 11.8 Å². The SMILES string of the molecule is O=C(Nc1nnc(SCc2ccccc2)s1)C(c1ccccc1)c1ccccc1. The van der Waals surface area contributed by atoms with Crippen LogP contribution in [0.2, 0.25) is 0 Å². The monoisotopic (exact) mass is 417 g/mol. The smallest absolute Gasteiger partial charge is 0.238 e. The van der Waals surface area contributed by atoms with E-state index in [0.29, 0.717) is 5.13 Å². The third-order valence-electron chi connectivity index (χ3n) is 4.37. The van der Waals surface area contributed by atoms with Gasteiger partial charge < -0.3 is 0 Å². The number of anilines is 1. The molecule has 0 radical (unpaired) electrons. The van der Waals surface area contributed by atoms with E-state index in [2.05, 4.69) is 27.6 Å². The molecule has 29 heavy (non-hydrogen) atoms. The molecule has 1 amide bonds. The van der Waals surface area contributed by atoms with Crippen molar-refractivity contribution in [1.29, 1.82) is 0 Å². The standard InChI is InChI=1S/C23H19N3OS2/c27-21(20(18-12-6-2-7-13-18)19-14-8-3-9-15-19)24-22-25-26-23(29-22)28-16-17-10-4-1-5-11-17/h1-15,20H,16H2,(H,24,25,27). The zero-order valence-corrected chi connectivity index (χ0v) is 17.2. The van der Waals surface area contributed by atoms with Crippen LogP contribution >= 0.6 is 23.1 Å². The summed E-state index contributed by atoms with van der Waals surface area (Å²) in [5.41, 5.74) is 3.12. The Bertz CT molecular complexity index is 1010. The van der Waals surface area contributed by atoms with Gasteiger partial charge in [0.1, 0.15) is 0 Å². The normalized spacial score (nSPS) is 10.8. The summed E-state index contributed by atoms with van der Waals surface area (Å²) in [4.78, 5) is 13.1. The molecule has 144 valence electrons. The van der Waals surface area contributed by atoms with Crippen LogP contribution in [0.5, 0.6) is 0 Å². The quantitative estimate of drug-likeness (QED) is 0.314. The first kappa shape index (κ1) is 19.4. The molecule has 6 heteroatoms. The Morgan fingerprint density at radius 1 is 0.828 bits per heavy atom. The zero-order chi connectivity index (χ0) is 19.9. The van der Waals surface area contributed by atoms with E-state index in [1.807, 2.05) is 78.9 Å². The highest BCUT2D eigenvalue weighted by Gasteiger charge is 2.23. The molecular formula is C23H19N3OS2. The van der Waals surface area contributed by atoms with Gasteiger partial charge in [-0.15, -0.1) is 10.2 Å². The van der Waals surface area contributed by atoms with Gasteiger partial charge in [0, 0.05) is 5.75 Å². The summed E-state index contributed by atoms with van der Waals surface area (Å²) in [6.45, 7) is 0. The Morgan fingerprint density at radius 3 is 1.97 bits per heavy atom. The minimum Gasteiger partial charge on any atom is -0.300 e. The summed E-state index contributed by atoms with van der Waals surface area (Å²) in [6.07, 6.45) is 0. The number of thioether (sulfide) groups is 1. The van der Waals surface area contributed by atoms with Gasteiger partial charge in [0.05, 0.1) is 5.92 Å². The van der Waals surface area contributed by atoms with Crippen molar-refractivity contribution in [3.63, 3.8) is 0 Å². The summed E-state index contributed by atoms with van der Waals surface area (Å²) >= 11 is 3.01. The number of benzene rings is 3. The number of hydrogen-bond acceptors (Lipinski definition) is 5. The topological polar surface area (TPSA) is 54.9 Å². The molecule has 0 saturated heterocycles. The number of rotatable bonds is 7. The molecule has 0 saturated carbocycles. The second-order valence-corrected chi connectivity index (χ2v) is 8.59. The van der Waals surface area contributed by atoms with Gasteiger partial charge in [-0.05, 0) is 16.7 Å². The summed E-state index contributed by atoms with van der Waals surface area (Å²) in [5, 5.41) is 11.8. The second-order valence-electron chi connectivity index (χ2n) is 6.39. The minimum atomic E-state index is -0.401. The number of nitrogens with one attached hydrogen (secondary N) is 1. The first-order chi connectivity index (χ1) is 14.3. The van der Waals surface area contributed by atoms with Gasteiger partial charge in [0.15, 0.2) is 4.34 Å². The van der Waals surface area contributed by atoms with E-state index >= 15 is 0 Å². The lowest BCUT2D eigenvalue weighted by atomic mass is 9.90. The fraction of sp³-hybridized carbons (Fsp3) is 0.0870. The molecule has 0 bridgehead atoms. The van der Waals surface area contributed by atoms with Gasteiger partial charge in [-0.3, -0.25) is 10.1 Å². The molecule has 0 aliphatic carbocycles. The highest BCUT2D eigenvalue weighted by Crippen LogP contribution is 2.30. The molecule has 0 aliphatic heterocycles. The molecule has 1 aromatic heterocycles. The van der Waals surface area contributed by atoms with Crippen LogP contribution < -0.4 is 5.32 Å². The van der Waals surface area contributed by atoms with Crippen LogP contribution in [0.3, 0.4) is 0 Å². The van der Waals surface area contributed by atoms with E-state index in [0.717, 1.165) is 21.2 Å². The van der Waals surface area contributed by atoms with Crippen molar-refractivity contribution in [2.45, 2.75) is 16.0 Å². The van der Waals surface area contributed by atoms with Crippen molar-refractivity contribution in [3.05, 3.63) is 108 Å². The van der Waals surface area contributed by atoms with Crippen molar-refractivity contribution >= 4 is 34.1 Å². The van der Waals surface area contributed by atoms with E-state index in [1.165, 1.54) is 16.9 Å². The molecule has 1 N–H and O–H groups in total. The van der Waals surface area contributed by atoms with Gasteiger partial charge in [-0.1, -0.05) is 114 Å². The molecule has 0 aliphatic rings. The fourth-order valence-corrected chi connectivity index (χ4v) is 4.71. The number of amides is 1. The van der Waals surface area contributed by atoms with Crippen LogP contribution in [0.1, 0.15) is 22.6 Å². The van der Waals surface area contributed by atoms with Gasteiger partial charge in [-0.2, -0.15) is 0 Å². The van der Waals surface area contributed by atoms with Gasteiger partial charge >= 0.3 is 0 Å². The van der Waals surface area contributed by atoms with Crippen molar-refractivity contribution in [2.75, 3.05) is 5.32 Å². The molecule has 0 spiro atoms. The average Bonchev–Trinajstić information content (AvgIpc) is 3.22. The van der Waals surface area contributed by atoms with Crippen LogP contribution in [-0.2, 0) is 10.5 Å². The van der Waals surface area contributed by atoms with Crippen LogP contribution in [0.4, 0.5) is 5.13 Å². The first-order valence-corrected chi connectivity index (χ1v) is 11.0. The number of aromatic nitrogens is 2. The maximum absolute atomic E-state index is 13.1. The van der Waals surface area contributed by atoms with E-state index in [4.69, 9.17) is 0 Å². The number of hydrogen-bond donors (Lipinski definition) is 1.